The number of methoxy groups -OCH3 is 1. The molecule has 126 valence electrons. The van der Waals surface area contributed by atoms with Gasteiger partial charge in [-0.15, -0.1) is 0 Å². The van der Waals surface area contributed by atoms with Gasteiger partial charge in [-0.2, -0.15) is 0 Å². The molecule has 1 unspecified atom stereocenters. The van der Waals surface area contributed by atoms with E-state index >= 15 is 0 Å². The molecule has 1 aromatic rings. The highest BCUT2D eigenvalue weighted by molar-refractivity contribution is 5.80. The Morgan fingerprint density at radius 3 is 3.00 bits per heavy atom. The highest BCUT2D eigenvalue weighted by Gasteiger charge is 2.14. The van der Waals surface area contributed by atoms with E-state index < -0.39 is 0 Å². The van der Waals surface area contributed by atoms with E-state index in [9.17, 15) is 4.79 Å². The van der Waals surface area contributed by atoms with E-state index in [1.54, 1.807) is 7.05 Å². The second-order valence-corrected chi connectivity index (χ2v) is 5.59. The average molecular weight is 319 g/mol. The lowest BCUT2D eigenvalue weighted by atomic mass is 10.1. The Kier molecular flexibility index (Phi) is 6.26. The number of carbonyl (C=O) groups excluding carboxylic acids is 1. The SMILES string of the molecule is CN=C(NCCc1ccc2c(c1)CCO2)NCC(C)C(=O)OC. The van der Waals surface area contributed by atoms with Crippen LogP contribution in [0.5, 0.6) is 5.75 Å². The summed E-state index contributed by atoms with van der Waals surface area (Å²) in [6, 6.07) is 6.35. The fraction of sp³-hybridized carbons (Fsp3) is 0.529. The van der Waals surface area contributed by atoms with Gasteiger partial charge in [-0.25, -0.2) is 0 Å². The van der Waals surface area contributed by atoms with Gasteiger partial charge < -0.3 is 20.1 Å². The van der Waals surface area contributed by atoms with Crippen molar-refractivity contribution in [2.24, 2.45) is 10.9 Å². The Bertz CT molecular complexity index is 572. The molecule has 1 aliphatic heterocycles. The second kappa shape index (κ2) is 8.41. The molecule has 1 heterocycles. The first kappa shape index (κ1) is 17.1. The summed E-state index contributed by atoms with van der Waals surface area (Å²) in [6.45, 7) is 3.86. The number of ether oxygens (including phenoxy) is 2. The van der Waals surface area contributed by atoms with Crippen LogP contribution in [-0.2, 0) is 22.4 Å². The second-order valence-electron chi connectivity index (χ2n) is 5.59. The number of nitrogens with zero attached hydrogens (tertiary/aromatic N) is 1. The summed E-state index contributed by atoms with van der Waals surface area (Å²) in [5, 5.41) is 6.38. The third-order valence-corrected chi connectivity index (χ3v) is 3.86. The number of esters is 1. The van der Waals surface area contributed by atoms with E-state index in [2.05, 4.69) is 27.8 Å². The molecule has 0 aromatic heterocycles. The van der Waals surface area contributed by atoms with Crippen LogP contribution >= 0.6 is 0 Å². The molecule has 6 heteroatoms. The van der Waals surface area contributed by atoms with E-state index in [-0.39, 0.29) is 11.9 Å². The number of rotatable bonds is 6. The predicted molar refractivity (Wildman–Crippen MR) is 89.9 cm³/mol. The summed E-state index contributed by atoms with van der Waals surface area (Å²) < 4.78 is 10.2. The molecule has 0 aliphatic carbocycles. The van der Waals surface area contributed by atoms with Gasteiger partial charge in [-0.1, -0.05) is 19.1 Å². The summed E-state index contributed by atoms with van der Waals surface area (Å²) >= 11 is 0. The predicted octanol–water partition coefficient (Wildman–Crippen LogP) is 1.14. The highest BCUT2D eigenvalue weighted by Crippen LogP contribution is 2.25. The highest BCUT2D eigenvalue weighted by atomic mass is 16.5. The average Bonchev–Trinajstić information content (AvgIpc) is 3.04. The largest absolute Gasteiger partial charge is 0.493 e. The molecule has 1 atom stereocenters. The number of fused-ring (bicyclic) bond motifs is 1. The zero-order valence-corrected chi connectivity index (χ0v) is 14.0. The number of aliphatic imine (C=N–C) groups is 1. The number of hydrogen-bond acceptors (Lipinski definition) is 4. The minimum absolute atomic E-state index is 0.213. The van der Waals surface area contributed by atoms with Crippen LogP contribution in [0, 0.1) is 5.92 Å². The first-order valence-corrected chi connectivity index (χ1v) is 7.91. The van der Waals surface area contributed by atoms with Crippen molar-refractivity contribution in [3.05, 3.63) is 29.3 Å². The van der Waals surface area contributed by atoms with E-state index in [1.807, 2.05) is 13.0 Å². The maximum absolute atomic E-state index is 11.4. The van der Waals surface area contributed by atoms with Crippen LogP contribution in [0.1, 0.15) is 18.1 Å². The molecule has 0 amide bonds. The third kappa shape index (κ3) is 4.87. The van der Waals surface area contributed by atoms with Crippen molar-refractivity contribution in [3.63, 3.8) is 0 Å². The van der Waals surface area contributed by atoms with Crippen LogP contribution < -0.4 is 15.4 Å². The molecule has 0 saturated carbocycles. The number of nitrogens with one attached hydrogen (secondary N) is 2. The van der Waals surface area contributed by atoms with Crippen LogP contribution in [0.15, 0.2) is 23.2 Å². The van der Waals surface area contributed by atoms with E-state index in [1.165, 1.54) is 18.2 Å². The maximum Gasteiger partial charge on any atom is 0.310 e. The third-order valence-electron chi connectivity index (χ3n) is 3.86. The molecule has 0 bridgehead atoms. The van der Waals surface area contributed by atoms with Gasteiger partial charge >= 0.3 is 5.97 Å². The molecule has 0 spiro atoms. The molecule has 2 N–H and O–H groups in total. The Morgan fingerprint density at radius 1 is 1.43 bits per heavy atom. The standard InChI is InChI=1S/C17H25N3O3/c1-12(16(21)22-3)11-20-17(18-2)19-8-6-13-4-5-15-14(10-13)7-9-23-15/h4-5,10,12H,6-9,11H2,1-3H3,(H2,18,19,20). The van der Waals surface area contributed by atoms with Crippen LogP contribution in [0.2, 0.25) is 0 Å². The van der Waals surface area contributed by atoms with E-state index in [0.29, 0.717) is 12.5 Å². The molecule has 1 aromatic carbocycles. The lowest BCUT2D eigenvalue weighted by molar-refractivity contribution is -0.144. The smallest absolute Gasteiger partial charge is 0.310 e. The summed E-state index contributed by atoms with van der Waals surface area (Å²) in [5.41, 5.74) is 2.57. The normalized spacial score (nSPS) is 14.7. The van der Waals surface area contributed by atoms with E-state index in [4.69, 9.17) is 9.47 Å². The van der Waals surface area contributed by atoms with Crippen molar-refractivity contribution in [3.8, 4) is 5.75 Å². The Labute approximate surface area is 137 Å². The Morgan fingerprint density at radius 2 is 2.26 bits per heavy atom. The van der Waals surface area contributed by atoms with Crippen molar-refractivity contribution in [2.45, 2.75) is 19.8 Å². The molecule has 6 nitrogen and oxygen atoms in total. The van der Waals surface area contributed by atoms with Crippen LogP contribution in [0.25, 0.3) is 0 Å². The van der Waals surface area contributed by atoms with Crippen LogP contribution in [0.3, 0.4) is 0 Å². The van der Waals surface area contributed by atoms with Gasteiger partial charge in [0.2, 0.25) is 0 Å². The molecule has 0 fully saturated rings. The van der Waals surface area contributed by atoms with Gasteiger partial charge in [-0.05, 0) is 23.6 Å². The fourth-order valence-electron chi connectivity index (χ4n) is 2.48. The number of benzene rings is 1. The zero-order chi connectivity index (χ0) is 16.7. The summed E-state index contributed by atoms with van der Waals surface area (Å²) in [7, 11) is 3.11. The minimum atomic E-state index is -0.228. The summed E-state index contributed by atoms with van der Waals surface area (Å²) in [5.74, 6) is 1.25. The molecule has 23 heavy (non-hydrogen) atoms. The molecular weight excluding hydrogens is 294 g/mol. The monoisotopic (exact) mass is 319 g/mol. The lowest BCUT2D eigenvalue weighted by Gasteiger charge is -2.14. The Balaban J connectivity index is 1.74. The Hall–Kier alpha value is -2.24. The maximum atomic E-state index is 11.4. The molecular formula is C17H25N3O3. The van der Waals surface area contributed by atoms with Crippen molar-refractivity contribution in [1.29, 1.82) is 0 Å². The fourth-order valence-corrected chi connectivity index (χ4v) is 2.48. The lowest BCUT2D eigenvalue weighted by Crippen LogP contribution is -2.41. The van der Waals surface area contributed by atoms with Gasteiger partial charge in [0, 0.05) is 26.6 Å². The number of carbonyl (C=O) groups is 1. The van der Waals surface area contributed by atoms with Crippen molar-refractivity contribution >= 4 is 11.9 Å². The molecule has 1 aliphatic rings. The molecule has 2 rings (SSSR count). The number of guanidine groups is 1. The molecule has 0 saturated heterocycles. The van der Waals surface area contributed by atoms with Gasteiger partial charge in [-0.3, -0.25) is 9.79 Å². The summed E-state index contributed by atoms with van der Waals surface area (Å²) in [4.78, 5) is 15.5. The minimum Gasteiger partial charge on any atom is -0.493 e. The van der Waals surface area contributed by atoms with Gasteiger partial charge in [0.25, 0.3) is 0 Å². The van der Waals surface area contributed by atoms with Crippen LogP contribution in [-0.4, -0.2) is 45.8 Å². The van der Waals surface area contributed by atoms with Gasteiger partial charge in [0.15, 0.2) is 5.96 Å². The quantitative estimate of drug-likeness (QED) is 0.467. The topological polar surface area (TPSA) is 72.0 Å². The van der Waals surface area contributed by atoms with Crippen molar-refractivity contribution in [1.82, 2.24) is 10.6 Å². The first-order valence-electron chi connectivity index (χ1n) is 7.91. The van der Waals surface area contributed by atoms with Crippen molar-refractivity contribution < 1.29 is 14.3 Å². The van der Waals surface area contributed by atoms with Crippen molar-refractivity contribution in [2.75, 3.05) is 33.9 Å². The van der Waals surface area contributed by atoms with E-state index in [0.717, 1.165) is 31.7 Å². The van der Waals surface area contributed by atoms with Gasteiger partial charge in [0.1, 0.15) is 5.75 Å². The number of hydrogen-bond donors (Lipinski definition) is 2. The summed E-state index contributed by atoms with van der Waals surface area (Å²) in [6.07, 6.45) is 1.89. The first-order chi connectivity index (χ1) is 11.1. The zero-order valence-electron chi connectivity index (χ0n) is 14.0. The van der Waals surface area contributed by atoms with Crippen LogP contribution in [0.4, 0.5) is 0 Å². The van der Waals surface area contributed by atoms with Gasteiger partial charge in [0.05, 0.1) is 19.6 Å². The molecule has 0 radical (unpaired) electrons.